The second-order valence-electron chi connectivity index (χ2n) is 5.02. The van der Waals surface area contributed by atoms with Gasteiger partial charge in [0.05, 0.1) is 0 Å². The number of rotatable bonds is 3. The molecule has 1 atom stereocenters. The molecule has 1 aliphatic rings. The molecule has 0 saturated carbocycles. The smallest absolute Gasteiger partial charge is 0.244 e. The van der Waals surface area contributed by atoms with Gasteiger partial charge in [-0.1, -0.05) is 30.3 Å². The van der Waals surface area contributed by atoms with Crippen LogP contribution in [-0.2, 0) is 4.79 Å². The number of carbonyl (C=O) groups is 1. The maximum Gasteiger partial charge on any atom is 0.244 e. The van der Waals surface area contributed by atoms with E-state index in [2.05, 4.69) is 9.88 Å². The molecule has 1 amide bonds. The van der Waals surface area contributed by atoms with Crippen molar-refractivity contribution < 1.29 is 4.79 Å². The first-order valence-corrected chi connectivity index (χ1v) is 7.87. The molecule has 0 radical (unpaired) electrons. The Bertz CT molecular complexity index is 579. The summed E-state index contributed by atoms with van der Waals surface area (Å²) in [5.41, 5.74) is 6.95. The van der Waals surface area contributed by atoms with Crippen molar-refractivity contribution in [3.63, 3.8) is 0 Å². The number of nitrogens with zero attached hydrogens (tertiary/aromatic N) is 3. The van der Waals surface area contributed by atoms with Gasteiger partial charge in [-0.05, 0) is 5.56 Å². The van der Waals surface area contributed by atoms with Crippen LogP contribution < -0.4 is 10.6 Å². The summed E-state index contributed by atoms with van der Waals surface area (Å²) in [5, 5.41) is 2.99. The highest BCUT2D eigenvalue weighted by molar-refractivity contribution is 7.13. The van der Waals surface area contributed by atoms with Crippen molar-refractivity contribution in [2.45, 2.75) is 6.04 Å². The average molecular weight is 302 g/mol. The summed E-state index contributed by atoms with van der Waals surface area (Å²) < 4.78 is 0. The molecule has 3 rings (SSSR count). The largest absolute Gasteiger partial charge is 0.345 e. The fourth-order valence-corrected chi connectivity index (χ4v) is 3.19. The Labute approximate surface area is 128 Å². The van der Waals surface area contributed by atoms with Crippen LogP contribution in [0.25, 0.3) is 0 Å². The molecule has 5 nitrogen and oxygen atoms in total. The summed E-state index contributed by atoms with van der Waals surface area (Å²) >= 11 is 1.63. The van der Waals surface area contributed by atoms with E-state index in [9.17, 15) is 4.79 Å². The Morgan fingerprint density at radius 1 is 1.19 bits per heavy atom. The molecular weight excluding hydrogens is 284 g/mol. The Kier molecular flexibility index (Phi) is 4.17. The summed E-state index contributed by atoms with van der Waals surface area (Å²) in [6.45, 7) is 3.00. The third-order valence-corrected chi connectivity index (χ3v) is 4.54. The normalized spacial score (nSPS) is 16.8. The minimum Gasteiger partial charge on any atom is -0.345 e. The van der Waals surface area contributed by atoms with Gasteiger partial charge in [0.15, 0.2) is 5.13 Å². The third kappa shape index (κ3) is 3.06. The summed E-state index contributed by atoms with van der Waals surface area (Å²) in [5.74, 6) is -0.0000104. The van der Waals surface area contributed by atoms with Crippen LogP contribution in [0.3, 0.4) is 0 Å². The van der Waals surface area contributed by atoms with E-state index in [0.717, 1.165) is 23.8 Å². The molecule has 1 aromatic heterocycles. The highest BCUT2D eigenvalue weighted by atomic mass is 32.1. The minimum atomic E-state index is -0.572. The van der Waals surface area contributed by atoms with Gasteiger partial charge < -0.3 is 15.5 Å². The Hall–Kier alpha value is -1.92. The van der Waals surface area contributed by atoms with E-state index in [4.69, 9.17) is 5.73 Å². The molecule has 0 aliphatic carbocycles. The van der Waals surface area contributed by atoms with Crippen LogP contribution in [-0.4, -0.2) is 42.0 Å². The molecule has 21 heavy (non-hydrogen) atoms. The zero-order valence-electron chi connectivity index (χ0n) is 11.7. The first-order valence-electron chi connectivity index (χ1n) is 6.99. The van der Waals surface area contributed by atoms with Gasteiger partial charge in [-0.2, -0.15) is 0 Å². The number of anilines is 1. The fraction of sp³-hybridized carbons (Fsp3) is 0.333. The Balaban J connectivity index is 1.60. The second kappa shape index (κ2) is 6.24. The van der Waals surface area contributed by atoms with Crippen molar-refractivity contribution in [1.82, 2.24) is 9.88 Å². The molecule has 0 unspecified atom stereocenters. The molecule has 1 aliphatic heterocycles. The maximum absolute atomic E-state index is 12.5. The number of thiazole rings is 1. The van der Waals surface area contributed by atoms with Crippen LogP contribution in [0.2, 0.25) is 0 Å². The second-order valence-corrected chi connectivity index (χ2v) is 5.89. The molecule has 1 fully saturated rings. The van der Waals surface area contributed by atoms with Crippen LogP contribution in [0.1, 0.15) is 11.6 Å². The van der Waals surface area contributed by atoms with Gasteiger partial charge in [-0.25, -0.2) is 4.98 Å². The molecule has 6 heteroatoms. The van der Waals surface area contributed by atoms with E-state index in [-0.39, 0.29) is 5.91 Å². The highest BCUT2D eigenvalue weighted by Crippen LogP contribution is 2.20. The lowest BCUT2D eigenvalue weighted by Crippen LogP contribution is -2.51. The molecule has 1 aromatic carbocycles. The zero-order valence-corrected chi connectivity index (χ0v) is 12.5. The number of nitrogens with two attached hydrogens (primary N) is 1. The fourth-order valence-electron chi connectivity index (χ4n) is 2.49. The van der Waals surface area contributed by atoms with Gasteiger partial charge in [-0.3, -0.25) is 4.79 Å². The first kappa shape index (κ1) is 14.0. The topological polar surface area (TPSA) is 62.5 Å². The number of aromatic nitrogens is 1. The van der Waals surface area contributed by atoms with Crippen LogP contribution in [0.4, 0.5) is 5.13 Å². The van der Waals surface area contributed by atoms with Gasteiger partial charge in [0.2, 0.25) is 5.91 Å². The number of carbonyl (C=O) groups excluding carboxylic acids is 1. The molecule has 2 heterocycles. The standard InChI is InChI=1S/C15H18N4OS/c16-13(12-4-2-1-3-5-12)14(20)18-7-9-19(10-8-18)15-17-6-11-21-15/h1-6,11,13H,7-10,16H2/t13-/m0/s1. The Morgan fingerprint density at radius 3 is 2.52 bits per heavy atom. The van der Waals surface area contributed by atoms with Crippen LogP contribution >= 0.6 is 11.3 Å². The SMILES string of the molecule is N[C@H](C(=O)N1CCN(c2nccs2)CC1)c1ccccc1. The third-order valence-electron chi connectivity index (χ3n) is 3.71. The monoisotopic (exact) mass is 302 g/mol. The van der Waals surface area contributed by atoms with Crippen molar-refractivity contribution in [1.29, 1.82) is 0 Å². The van der Waals surface area contributed by atoms with Crippen molar-refractivity contribution in [3.8, 4) is 0 Å². The molecular formula is C15H18N4OS. The summed E-state index contributed by atoms with van der Waals surface area (Å²) in [6.07, 6.45) is 1.81. The summed E-state index contributed by atoms with van der Waals surface area (Å²) in [6, 6.07) is 8.96. The number of hydrogen-bond donors (Lipinski definition) is 1. The number of hydrogen-bond acceptors (Lipinski definition) is 5. The maximum atomic E-state index is 12.5. The van der Waals surface area contributed by atoms with Crippen molar-refractivity contribution in [2.24, 2.45) is 5.73 Å². The Morgan fingerprint density at radius 2 is 1.90 bits per heavy atom. The van der Waals surface area contributed by atoms with E-state index in [1.165, 1.54) is 0 Å². The van der Waals surface area contributed by atoms with Crippen LogP contribution in [0.15, 0.2) is 41.9 Å². The van der Waals surface area contributed by atoms with Crippen LogP contribution in [0.5, 0.6) is 0 Å². The first-order chi connectivity index (χ1) is 10.3. The van der Waals surface area contributed by atoms with Crippen molar-refractivity contribution >= 4 is 22.4 Å². The lowest BCUT2D eigenvalue weighted by Gasteiger charge is -2.35. The molecule has 2 aromatic rings. The highest BCUT2D eigenvalue weighted by Gasteiger charge is 2.26. The van der Waals surface area contributed by atoms with Gasteiger partial charge in [0, 0.05) is 37.8 Å². The summed E-state index contributed by atoms with van der Waals surface area (Å²) in [4.78, 5) is 20.8. The van der Waals surface area contributed by atoms with Crippen molar-refractivity contribution in [3.05, 3.63) is 47.5 Å². The number of benzene rings is 1. The molecule has 0 spiro atoms. The lowest BCUT2D eigenvalue weighted by atomic mass is 10.1. The lowest BCUT2D eigenvalue weighted by molar-refractivity contribution is -0.133. The number of piperazine rings is 1. The average Bonchev–Trinajstić information content (AvgIpc) is 3.09. The van der Waals surface area contributed by atoms with E-state index in [1.807, 2.05) is 46.8 Å². The molecule has 0 bridgehead atoms. The van der Waals surface area contributed by atoms with E-state index in [0.29, 0.717) is 13.1 Å². The predicted octanol–water partition coefficient (Wildman–Crippen LogP) is 1.49. The van der Waals surface area contributed by atoms with Gasteiger partial charge >= 0.3 is 0 Å². The van der Waals surface area contributed by atoms with Crippen LogP contribution in [0, 0.1) is 0 Å². The van der Waals surface area contributed by atoms with Crippen molar-refractivity contribution in [2.75, 3.05) is 31.1 Å². The molecule has 110 valence electrons. The summed E-state index contributed by atoms with van der Waals surface area (Å²) in [7, 11) is 0. The van der Waals surface area contributed by atoms with E-state index >= 15 is 0 Å². The quantitative estimate of drug-likeness (QED) is 0.933. The van der Waals surface area contributed by atoms with Gasteiger partial charge in [-0.15, -0.1) is 11.3 Å². The zero-order chi connectivity index (χ0) is 14.7. The predicted molar refractivity (Wildman–Crippen MR) is 84.3 cm³/mol. The van der Waals surface area contributed by atoms with E-state index < -0.39 is 6.04 Å². The molecule has 1 saturated heterocycles. The van der Waals surface area contributed by atoms with Gasteiger partial charge in [0.25, 0.3) is 0 Å². The minimum absolute atomic E-state index is 0.0000104. The molecule has 2 N–H and O–H groups in total. The number of amides is 1. The van der Waals surface area contributed by atoms with Gasteiger partial charge in [0.1, 0.15) is 6.04 Å². The van der Waals surface area contributed by atoms with E-state index in [1.54, 1.807) is 11.3 Å².